The molecule has 1 aromatic carbocycles. The standard InChI is InChI=1S/C21H25FN4O3S/c1-30(28,29)18-3-2-15(19(22)13-18)12-16-4-11-26(21(16)27)17-5-9-25(10-6-17)20-14-23-7-8-24-20/h2-3,7-8,13-14,16-17H,4-6,9-12H2,1H3/t16-/m1/s1. The fourth-order valence-corrected chi connectivity index (χ4v) is 5.00. The maximum atomic E-state index is 14.4. The number of hydrogen-bond acceptors (Lipinski definition) is 6. The summed E-state index contributed by atoms with van der Waals surface area (Å²) >= 11 is 0. The summed E-state index contributed by atoms with van der Waals surface area (Å²) in [5, 5.41) is 0. The topological polar surface area (TPSA) is 83.5 Å². The van der Waals surface area contributed by atoms with Crippen molar-refractivity contribution in [1.29, 1.82) is 0 Å². The van der Waals surface area contributed by atoms with Crippen molar-refractivity contribution in [3.63, 3.8) is 0 Å². The average Bonchev–Trinajstić information content (AvgIpc) is 3.10. The van der Waals surface area contributed by atoms with Crippen molar-refractivity contribution in [2.75, 3.05) is 30.8 Å². The molecule has 2 aromatic rings. The SMILES string of the molecule is CS(=O)(=O)c1ccc(C[C@H]2CCN(C3CCN(c4cnccn4)CC3)C2=O)c(F)c1. The van der Waals surface area contributed by atoms with E-state index in [2.05, 4.69) is 14.9 Å². The van der Waals surface area contributed by atoms with Gasteiger partial charge in [0.1, 0.15) is 11.6 Å². The minimum Gasteiger partial charge on any atom is -0.355 e. The third-order valence-corrected chi connectivity index (χ3v) is 7.16. The van der Waals surface area contributed by atoms with Gasteiger partial charge < -0.3 is 9.80 Å². The second-order valence-electron chi connectivity index (χ2n) is 8.03. The number of hydrogen-bond donors (Lipinski definition) is 0. The molecule has 1 atom stereocenters. The van der Waals surface area contributed by atoms with Crippen molar-refractivity contribution in [1.82, 2.24) is 14.9 Å². The second-order valence-corrected chi connectivity index (χ2v) is 10.0. The molecule has 2 aliphatic heterocycles. The van der Waals surface area contributed by atoms with Crippen LogP contribution >= 0.6 is 0 Å². The van der Waals surface area contributed by atoms with Crippen LogP contribution in [0.1, 0.15) is 24.8 Å². The third-order valence-electron chi connectivity index (χ3n) is 6.05. The Morgan fingerprint density at radius 2 is 1.90 bits per heavy atom. The number of piperidine rings is 1. The normalized spacial score (nSPS) is 20.7. The van der Waals surface area contributed by atoms with Crippen molar-refractivity contribution in [3.8, 4) is 0 Å². The first kappa shape index (κ1) is 20.7. The molecule has 3 heterocycles. The molecule has 160 valence electrons. The number of carbonyl (C=O) groups is 1. The molecular formula is C21H25FN4O3S. The van der Waals surface area contributed by atoms with Crippen LogP contribution in [0.25, 0.3) is 0 Å². The number of benzene rings is 1. The van der Waals surface area contributed by atoms with Crippen molar-refractivity contribution >= 4 is 21.6 Å². The number of rotatable bonds is 5. The van der Waals surface area contributed by atoms with Gasteiger partial charge in [-0.1, -0.05) is 6.07 Å². The van der Waals surface area contributed by atoms with Crippen molar-refractivity contribution in [2.45, 2.75) is 36.6 Å². The van der Waals surface area contributed by atoms with Crippen molar-refractivity contribution in [3.05, 3.63) is 48.2 Å². The lowest BCUT2D eigenvalue weighted by atomic mass is 9.97. The zero-order chi connectivity index (χ0) is 21.3. The summed E-state index contributed by atoms with van der Waals surface area (Å²) in [6.45, 7) is 2.32. The fraction of sp³-hybridized carbons (Fsp3) is 0.476. The summed E-state index contributed by atoms with van der Waals surface area (Å²) in [5.41, 5.74) is 0.389. The van der Waals surface area contributed by atoms with Crippen LogP contribution in [0.2, 0.25) is 0 Å². The summed E-state index contributed by atoms with van der Waals surface area (Å²) in [7, 11) is -3.46. The lowest BCUT2D eigenvalue weighted by Gasteiger charge is -2.37. The van der Waals surface area contributed by atoms with E-state index in [0.717, 1.165) is 44.1 Å². The zero-order valence-electron chi connectivity index (χ0n) is 16.9. The van der Waals surface area contributed by atoms with E-state index in [1.165, 1.54) is 12.1 Å². The number of halogens is 1. The Balaban J connectivity index is 1.37. The van der Waals surface area contributed by atoms with E-state index in [9.17, 15) is 17.6 Å². The Morgan fingerprint density at radius 3 is 2.53 bits per heavy atom. The number of amides is 1. The van der Waals surface area contributed by atoms with Crippen LogP contribution in [0.5, 0.6) is 0 Å². The number of sulfone groups is 1. The number of likely N-dealkylation sites (tertiary alicyclic amines) is 1. The Labute approximate surface area is 175 Å². The average molecular weight is 433 g/mol. The molecule has 2 aliphatic rings. The second kappa shape index (κ2) is 8.29. The van der Waals surface area contributed by atoms with E-state index in [1.54, 1.807) is 18.6 Å². The molecule has 0 bridgehead atoms. The summed E-state index contributed by atoms with van der Waals surface area (Å²) < 4.78 is 37.6. The smallest absolute Gasteiger partial charge is 0.226 e. The van der Waals surface area contributed by atoms with E-state index in [0.29, 0.717) is 24.9 Å². The molecular weight excluding hydrogens is 407 g/mol. The largest absolute Gasteiger partial charge is 0.355 e. The van der Waals surface area contributed by atoms with Gasteiger partial charge in [-0.25, -0.2) is 17.8 Å². The highest BCUT2D eigenvalue weighted by Gasteiger charge is 2.37. The van der Waals surface area contributed by atoms with Gasteiger partial charge in [-0.15, -0.1) is 0 Å². The van der Waals surface area contributed by atoms with Crippen LogP contribution in [0.3, 0.4) is 0 Å². The molecule has 30 heavy (non-hydrogen) atoms. The van der Waals surface area contributed by atoms with Gasteiger partial charge in [-0.3, -0.25) is 9.78 Å². The van der Waals surface area contributed by atoms with Crippen LogP contribution in [0.4, 0.5) is 10.2 Å². The minimum absolute atomic E-state index is 0.0435. The molecule has 0 radical (unpaired) electrons. The molecule has 0 saturated carbocycles. The maximum Gasteiger partial charge on any atom is 0.226 e. The molecule has 0 spiro atoms. The molecule has 0 unspecified atom stereocenters. The predicted octanol–water partition coefficient (Wildman–Crippen LogP) is 2.08. The van der Waals surface area contributed by atoms with E-state index in [1.807, 2.05) is 4.90 Å². The minimum atomic E-state index is -3.46. The van der Waals surface area contributed by atoms with Gasteiger partial charge in [0.25, 0.3) is 0 Å². The first-order chi connectivity index (χ1) is 14.3. The highest BCUT2D eigenvalue weighted by molar-refractivity contribution is 7.90. The van der Waals surface area contributed by atoms with Gasteiger partial charge in [0, 0.05) is 50.2 Å². The number of anilines is 1. The molecule has 7 nitrogen and oxygen atoms in total. The monoisotopic (exact) mass is 432 g/mol. The van der Waals surface area contributed by atoms with Crippen LogP contribution in [0, 0.1) is 11.7 Å². The van der Waals surface area contributed by atoms with Crippen LogP contribution in [0.15, 0.2) is 41.7 Å². The molecule has 0 aliphatic carbocycles. The lowest BCUT2D eigenvalue weighted by molar-refractivity contribution is -0.133. The zero-order valence-corrected chi connectivity index (χ0v) is 17.7. The van der Waals surface area contributed by atoms with E-state index < -0.39 is 15.7 Å². The third kappa shape index (κ3) is 4.30. The molecule has 2 fully saturated rings. The van der Waals surface area contributed by atoms with Gasteiger partial charge in [0.05, 0.1) is 11.1 Å². The molecule has 9 heteroatoms. The van der Waals surface area contributed by atoms with E-state index >= 15 is 0 Å². The van der Waals surface area contributed by atoms with Gasteiger partial charge in [0.2, 0.25) is 5.91 Å². The number of nitrogens with zero attached hydrogens (tertiary/aromatic N) is 4. The molecule has 2 saturated heterocycles. The van der Waals surface area contributed by atoms with Crippen molar-refractivity contribution in [2.24, 2.45) is 5.92 Å². The van der Waals surface area contributed by atoms with Crippen LogP contribution in [-0.4, -0.2) is 61.1 Å². The Kier molecular flexibility index (Phi) is 5.73. The lowest BCUT2D eigenvalue weighted by Crippen LogP contribution is -2.46. The van der Waals surface area contributed by atoms with Crippen LogP contribution in [-0.2, 0) is 21.1 Å². The van der Waals surface area contributed by atoms with Gasteiger partial charge >= 0.3 is 0 Å². The predicted molar refractivity (Wildman–Crippen MR) is 110 cm³/mol. The quantitative estimate of drug-likeness (QED) is 0.719. The Morgan fingerprint density at radius 1 is 1.13 bits per heavy atom. The number of aromatic nitrogens is 2. The fourth-order valence-electron chi connectivity index (χ4n) is 4.37. The summed E-state index contributed by atoms with van der Waals surface area (Å²) in [4.78, 5) is 25.5. The molecule has 4 rings (SSSR count). The summed E-state index contributed by atoms with van der Waals surface area (Å²) in [6.07, 6.45) is 8.85. The van der Waals surface area contributed by atoms with Gasteiger partial charge in [0.15, 0.2) is 9.84 Å². The summed E-state index contributed by atoms with van der Waals surface area (Å²) in [6, 6.07) is 4.13. The highest BCUT2D eigenvalue weighted by atomic mass is 32.2. The van der Waals surface area contributed by atoms with Gasteiger partial charge in [-0.05, 0) is 43.4 Å². The summed E-state index contributed by atoms with van der Waals surface area (Å²) in [5.74, 6) is 0.0946. The molecule has 0 N–H and O–H groups in total. The van der Waals surface area contributed by atoms with E-state index in [4.69, 9.17) is 0 Å². The van der Waals surface area contributed by atoms with Crippen LogP contribution < -0.4 is 4.90 Å². The first-order valence-electron chi connectivity index (χ1n) is 10.1. The molecule has 1 amide bonds. The number of carbonyl (C=O) groups excluding carboxylic acids is 1. The Hall–Kier alpha value is -2.55. The first-order valence-corrected chi connectivity index (χ1v) is 12.0. The van der Waals surface area contributed by atoms with Crippen molar-refractivity contribution < 1.29 is 17.6 Å². The maximum absolute atomic E-state index is 14.4. The van der Waals surface area contributed by atoms with Gasteiger partial charge in [-0.2, -0.15) is 0 Å². The Bertz CT molecular complexity index is 1020. The molecule has 1 aromatic heterocycles. The highest BCUT2D eigenvalue weighted by Crippen LogP contribution is 2.29. The van der Waals surface area contributed by atoms with E-state index in [-0.39, 0.29) is 22.8 Å².